The average Bonchev–Trinajstić information content (AvgIpc) is 3.26. The van der Waals surface area contributed by atoms with E-state index >= 15 is 0 Å². The largest absolute Gasteiger partial charge is 0.494 e. The molecule has 6 heteroatoms. The summed E-state index contributed by atoms with van der Waals surface area (Å²) in [5, 5.41) is 7.51. The van der Waals surface area contributed by atoms with Crippen LogP contribution in [0.15, 0.2) is 77.8 Å². The summed E-state index contributed by atoms with van der Waals surface area (Å²) < 4.78 is 5.49. The van der Waals surface area contributed by atoms with Crippen molar-refractivity contribution >= 4 is 29.2 Å². The molecular formula is C23H22N2O3S. The molecular weight excluding hydrogens is 384 g/mol. The van der Waals surface area contributed by atoms with Crippen LogP contribution in [-0.4, -0.2) is 18.4 Å². The molecule has 0 radical (unpaired) electrons. The van der Waals surface area contributed by atoms with E-state index in [1.54, 1.807) is 30.3 Å². The molecule has 2 amide bonds. The van der Waals surface area contributed by atoms with Crippen LogP contribution in [0.2, 0.25) is 0 Å². The molecule has 0 atom stereocenters. The molecule has 5 nitrogen and oxygen atoms in total. The second kappa shape index (κ2) is 10.2. The highest BCUT2D eigenvalue weighted by molar-refractivity contribution is 7.10. The first-order valence-corrected chi connectivity index (χ1v) is 10.1. The molecule has 29 heavy (non-hydrogen) atoms. The molecule has 0 fully saturated rings. The number of hydrogen-bond acceptors (Lipinski definition) is 4. The van der Waals surface area contributed by atoms with E-state index in [-0.39, 0.29) is 17.5 Å². The summed E-state index contributed by atoms with van der Waals surface area (Å²) in [5.74, 6) is 0.0670. The first kappa shape index (κ1) is 20.4. The molecule has 0 spiro atoms. The van der Waals surface area contributed by atoms with Crippen LogP contribution < -0.4 is 15.4 Å². The standard InChI is InChI=1S/C23H22N2O3S/c1-2-28-19-11-6-8-17(14-19)16-24-23(27)21(15-20-12-7-13-29-20)25-22(26)18-9-4-3-5-10-18/h3-15H,2,16H2,1H3,(H,24,27)(H,25,26)/b21-15-. The van der Waals surface area contributed by atoms with Gasteiger partial charge in [0.25, 0.3) is 11.8 Å². The number of carbonyl (C=O) groups is 2. The van der Waals surface area contributed by atoms with Gasteiger partial charge in [0, 0.05) is 17.0 Å². The highest BCUT2D eigenvalue weighted by Gasteiger charge is 2.15. The minimum absolute atomic E-state index is 0.197. The van der Waals surface area contributed by atoms with Crippen molar-refractivity contribution in [3.8, 4) is 5.75 Å². The van der Waals surface area contributed by atoms with Gasteiger partial charge in [-0.05, 0) is 54.3 Å². The van der Waals surface area contributed by atoms with Gasteiger partial charge in [-0.3, -0.25) is 9.59 Å². The molecule has 2 N–H and O–H groups in total. The van der Waals surface area contributed by atoms with Crippen molar-refractivity contribution in [2.45, 2.75) is 13.5 Å². The molecule has 3 aromatic rings. The van der Waals surface area contributed by atoms with Gasteiger partial charge < -0.3 is 15.4 Å². The Hall–Kier alpha value is -3.38. The number of thiophene rings is 1. The monoisotopic (exact) mass is 406 g/mol. The lowest BCUT2D eigenvalue weighted by Crippen LogP contribution is -2.34. The van der Waals surface area contributed by atoms with Crippen molar-refractivity contribution in [1.82, 2.24) is 10.6 Å². The Bertz CT molecular complexity index is 982. The van der Waals surface area contributed by atoms with Crippen LogP contribution in [0.1, 0.15) is 27.7 Å². The van der Waals surface area contributed by atoms with Gasteiger partial charge in [-0.25, -0.2) is 0 Å². The van der Waals surface area contributed by atoms with Gasteiger partial charge in [-0.1, -0.05) is 36.4 Å². The normalized spacial score (nSPS) is 11.0. The second-order valence-electron chi connectivity index (χ2n) is 6.16. The third-order valence-corrected chi connectivity index (χ3v) is 4.84. The molecule has 0 bridgehead atoms. The quantitative estimate of drug-likeness (QED) is 0.550. The molecule has 0 unspecified atom stereocenters. The Morgan fingerprint density at radius 1 is 1.03 bits per heavy atom. The first-order chi connectivity index (χ1) is 14.2. The van der Waals surface area contributed by atoms with E-state index in [4.69, 9.17) is 4.74 Å². The molecule has 0 aliphatic heterocycles. The van der Waals surface area contributed by atoms with E-state index in [9.17, 15) is 9.59 Å². The number of ether oxygens (including phenoxy) is 1. The van der Waals surface area contributed by atoms with Crippen molar-refractivity contribution in [2.75, 3.05) is 6.61 Å². The summed E-state index contributed by atoms with van der Waals surface area (Å²) in [7, 11) is 0. The number of hydrogen-bond donors (Lipinski definition) is 2. The van der Waals surface area contributed by atoms with Crippen LogP contribution in [-0.2, 0) is 11.3 Å². The minimum atomic E-state index is -0.357. The zero-order valence-corrected chi connectivity index (χ0v) is 16.9. The van der Waals surface area contributed by atoms with E-state index in [2.05, 4.69) is 10.6 Å². The number of rotatable bonds is 8. The third-order valence-electron chi connectivity index (χ3n) is 4.02. The summed E-state index contributed by atoms with van der Waals surface area (Å²) in [6, 6.07) is 20.1. The maximum atomic E-state index is 12.8. The fourth-order valence-corrected chi connectivity index (χ4v) is 3.30. The van der Waals surface area contributed by atoms with Crippen LogP contribution in [0, 0.1) is 0 Å². The van der Waals surface area contributed by atoms with E-state index in [1.807, 2.05) is 54.8 Å². The molecule has 0 saturated heterocycles. The Morgan fingerprint density at radius 3 is 2.59 bits per heavy atom. The lowest BCUT2D eigenvalue weighted by atomic mass is 10.2. The van der Waals surface area contributed by atoms with E-state index in [1.165, 1.54) is 11.3 Å². The van der Waals surface area contributed by atoms with E-state index < -0.39 is 0 Å². The second-order valence-corrected chi connectivity index (χ2v) is 7.14. The van der Waals surface area contributed by atoms with Crippen molar-refractivity contribution < 1.29 is 14.3 Å². The fraction of sp³-hybridized carbons (Fsp3) is 0.130. The van der Waals surface area contributed by atoms with E-state index in [0.29, 0.717) is 18.7 Å². The van der Waals surface area contributed by atoms with Gasteiger partial charge >= 0.3 is 0 Å². The molecule has 1 heterocycles. The predicted molar refractivity (Wildman–Crippen MR) is 116 cm³/mol. The molecule has 0 aliphatic rings. The van der Waals surface area contributed by atoms with Gasteiger partial charge in [0.15, 0.2) is 0 Å². The van der Waals surface area contributed by atoms with Crippen LogP contribution in [0.25, 0.3) is 6.08 Å². The van der Waals surface area contributed by atoms with Crippen LogP contribution in [0.4, 0.5) is 0 Å². The zero-order valence-electron chi connectivity index (χ0n) is 16.1. The molecule has 2 aromatic carbocycles. The predicted octanol–water partition coefficient (Wildman–Crippen LogP) is 4.23. The summed E-state index contributed by atoms with van der Waals surface area (Å²) >= 11 is 1.49. The number of amides is 2. The molecule has 1 aromatic heterocycles. The smallest absolute Gasteiger partial charge is 0.268 e. The van der Waals surface area contributed by atoms with Crippen molar-refractivity contribution in [1.29, 1.82) is 0 Å². The highest BCUT2D eigenvalue weighted by Crippen LogP contribution is 2.15. The third kappa shape index (κ3) is 6.05. The SMILES string of the molecule is CCOc1cccc(CNC(=O)/C(=C/c2cccs2)NC(=O)c2ccccc2)c1. The molecule has 0 saturated carbocycles. The van der Waals surface area contributed by atoms with Crippen molar-refractivity contribution in [3.05, 3.63) is 93.8 Å². The molecule has 3 rings (SSSR count). The average molecular weight is 407 g/mol. The summed E-state index contributed by atoms with van der Waals surface area (Å²) in [5.41, 5.74) is 1.60. The Balaban J connectivity index is 1.72. The fourth-order valence-electron chi connectivity index (χ4n) is 2.65. The first-order valence-electron chi connectivity index (χ1n) is 9.27. The Kier molecular flexibility index (Phi) is 7.19. The lowest BCUT2D eigenvalue weighted by Gasteiger charge is -2.12. The Labute approximate surface area is 174 Å². The van der Waals surface area contributed by atoms with Crippen LogP contribution >= 0.6 is 11.3 Å². The topological polar surface area (TPSA) is 67.4 Å². The zero-order chi connectivity index (χ0) is 20.5. The van der Waals surface area contributed by atoms with Crippen LogP contribution in [0.5, 0.6) is 5.75 Å². The summed E-state index contributed by atoms with van der Waals surface area (Å²) in [6.07, 6.45) is 1.68. The van der Waals surface area contributed by atoms with Gasteiger partial charge in [-0.15, -0.1) is 11.3 Å². The number of nitrogens with one attached hydrogen (secondary N) is 2. The molecule has 148 valence electrons. The molecule has 0 aliphatic carbocycles. The van der Waals surface area contributed by atoms with Gasteiger partial charge in [0.05, 0.1) is 6.61 Å². The van der Waals surface area contributed by atoms with Gasteiger partial charge in [0.1, 0.15) is 11.4 Å². The summed E-state index contributed by atoms with van der Waals surface area (Å²) in [4.78, 5) is 26.2. The lowest BCUT2D eigenvalue weighted by molar-refractivity contribution is -0.117. The Morgan fingerprint density at radius 2 is 1.86 bits per heavy atom. The highest BCUT2D eigenvalue weighted by atomic mass is 32.1. The number of benzene rings is 2. The minimum Gasteiger partial charge on any atom is -0.494 e. The summed E-state index contributed by atoms with van der Waals surface area (Å²) in [6.45, 7) is 2.82. The number of carbonyl (C=O) groups excluding carboxylic acids is 2. The van der Waals surface area contributed by atoms with Crippen molar-refractivity contribution in [2.24, 2.45) is 0 Å². The van der Waals surface area contributed by atoms with Crippen molar-refractivity contribution in [3.63, 3.8) is 0 Å². The van der Waals surface area contributed by atoms with Gasteiger partial charge in [0.2, 0.25) is 0 Å². The van der Waals surface area contributed by atoms with Crippen LogP contribution in [0.3, 0.4) is 0 Å². The maximum Gasteiger partial charge on any atom is 0.268 e. The maximum absolute atomic E-state index is 12.8. The van der Waals surface area contributed by atoms with Gasteiger partial charge in [-0.2, -0.15) is 0 Å². The van der Waals surface area contributed by atoms with E-state index in [0.717, 1.165) is 16.2 Å².